The second-order valence-corrected chi connectivity index (χ2v) is 23.6. The van der Waals surface area contributed by atoms with Crippen molar-refractivity contribution in [2.75, 3.05) is 82.4 Å². The van der Waals surface area contributed by atoms with Crippen molar-refractivity contribution in [1.82, 2.24) is 10.6 Å². The molecule has 0 spiro atoms. The molecular formula is C62H99F9N2O19. The molecule has 2 amide bonds. The third-order valence-corrected chi connectivity index (χ3v) is 12.6. The second kappa shape index (κ2) is 43.3. The fourth-order valence-corrected chi connectivity index (χ4v) is 7.50. The van der Waals surface area contributed by atoms with Gasteiger partial charge in [-0.1, -0.05) is 60.7 Å². The van der Waals surface area contributed by atoms with Gasteiger partial charge in [-0.05, 0) is 79.9 Å². The quantitative estimate of drug-likeness (QED) is 0.0226. The van der Waals surface area contributed by atoms with E-state index < -0.39 is 133 Å². The first-order valence-electron chi connectivity index (χ1n) is 28.9. The van der Waals surface area contributed by atoms with Crippen LogP contribution >= 0.6 is 0 Å². The van der Waals surface area contributed by atoms with Crippen LogP contribution in [-0.4, -0.2) is 196 Å². The molecule has 30 heteroatoms. The SMILES string of the molecule is COCCC(O)(CC(=O)OC(C)(C)C)C(F)(F)F.COCCC(O)(CC(=O)OC(C)(C)C)C(F)F.COCC[C@@](CF)(CC(=O)OC)OC(C)=O.COCC[C@](C)(O)CC(=O)NC(C)c1ccccc1.COCC[C@](O)(CC(=O)NC(C)c1ccccc1)C(F)(F)F. The molecule has 92 heavy (non-hydrogen) atoms. The largest absolute Gasteiger partial charge is 0.469 e. The number of rotatable bonds is 32. The number of alkyl halides is 9. The first-order chi connectivity index (χ1) is 42.1. The van der Waals surface area contributed by atoms with E-state index in [2.05, 4.69) is 29.6 Å². The van der Waals surface area contributed by atoms with Crippen molar-refractivity contribution in [1.29, 1.82) is 0 Å². The maximum Gasteiger partial charge on any atom is 0.417 e. The highest BCUT2D eigenvalue weighted by molar-refractivity contribution is 5.78. The Morgan fingerprint density at radius 1 is 0.467 bits per heavy atom. The van der Waals surface area contributed by atoms with E-state index in [0.717, 1.165) is 18.1 Å². The van der Waals surface area contributed by atoms with Crippen molar-refractivity contribution in [3.63, 3.8) is 0 Å². The van der Waals surface area contributed by atoms with Crippen molar-refractivity contribution in [2.45, 2.75) is 204 Å². The highest BCUT2D eigenvalue weighted by atomic mass is 19.4. The van der Waals surface area contributed by atoms with Gasteiger partial charge in [0.05, 0.1) is 63.5 Å². The van der Waals surface area contributed by atoms with Gasteiger partial charge in [0.2, 0.25) is 11.8 Å². The van der Waals surface area contributed by atoms with Crippen LogP contribution in [-0.2, 0) is 71.4 Å². The lowest BCUT2D eigenvalue weighted by molar-refractivity contribution is -0.268. The number of carbonyl (C=O) groups is 6. The van der Waals surface area contributed by atoms with E-state index in [-0.39, 0.29) is 64.1 Å². The van der Waals surface area contributed by atoms with Crippen LogP contribution < -0.4 is 10.6 Å². The number of esters is 4. The number of hydrogen-bond donors (Lipinski definition) is 6. The van der Waals surface area contributed by atoms with Gasteiger partial charge in [-0.2, -0.15) is 26.3 Å². The standard InChI is InChI=1S/C15H20F3NO3.C15H23NO3.C11H19F3O4.C11H20F2O4.C10H17FO5/c1-11(12-6-4-3-5-7-12)19-13(20)10-14(21,8-9-22-2)15(16,17)18;1-12(13-7-5-4-6-8-13)16-14(17)11-15(2,18)9-10-19-3;1-9(2,3)18-8(15)7-10(16,5-6-17-4)11(12,13)14;1-10(2,3)17-8(14)7-11(15,9(12)13)5-6-16-4;1-8(12)16-10(7-11,4-5-14-2)6-9(13)15-3/h3-7,11,21H,8-10H2,1-2H3,(H,19,20);4-8,12,18H,9-11H2,1-3H3,(H,16,17);16H,5-7H2,1-4H3;9,15H,5-7H2,1-4H3;4-7H2,1-3H3/t11?,14-;12?,15-;;;10-/m00..0/s1. The molecule has 0 bridgehead atoms. The number of methoxy groups -OCH3 is 6. The molecule has 0 fully saturated rings. The predicted molar refractivity (Wildman–Crippen MR) is 319 cm³/mol. The lowest BCUT2D eigenvalue weighted by Crippen LogP contribution is -2.49. The Morgan fingerprint density at radius 3 is 1.15 bits per heavy atom. The van der Waals surface area contributed by atoms with E-state index in [1.54, 1.807) is 72.1 Å². The molecule has 534 valence electrons. The van der Waals surface area contributed by atoms with E-state index in [1.165, 1.54) is 56.3 Å². The third kappa shape index (κ3) is 40.4. The van der Waals surface area contributed by atoms with Gasteiger partial charge in [-0.3, -0.25) is 28.8 Å². The number of benzene rings is 2. The molecule has 4 unspecified atom stereocenters. The van der Waals surface area contributed by atoms with E-state index in [1.807, 2.05) is 37.3 Å². The zero-order chi connectivity index (χ0) is 72.0. The second-order valence-electron chi connectivity index (χ2n) is 23.6. The van der Waals surface area contributed by atoms with Crippen LogP contribution in [0.2, 0.25) is 0 Å². The summed E-state index contributed by atoms with van der Waals surface area (Å²) in [6.07, 6.45) is -17.2. The molecule has 0 radical (unpaired) electrons. The van der Waals surface area contributed by atoms with Gasteiger partial charge in [0, 0.05) is 94.6 Å². The Balaban J connectivity index is -0.00000108. The Bertz CT molecular complexity index is 2400. The molecule has 0 aliphatic carbocycles. The van der Waals surface area contributed by atoms with Crippen molar-refractivity contribution in [2.24, 2.45) is 0 Å². The van der Waals surface area contributed by atoms with Crippen molar-refractivity contribution < 1.29 is 131 Å². The zero-order valence-corrected chi connectivity index (χ0v) is 55.6. The van der Waals surface area contributed by atoms with Crippen LogP contribution in [0.5, 0.6) is 0 Å². The van der Waals surface area contributed by atoms with Gasteiger partial charge < -0.3 is 73.7 Å². The summed E-state index contributed by atoms with van der Waals surface area (Å²) in [6, 6.07) is 18.1. The Labute approximate surface area is 534 Å². The molecule has 21 nitrogen and oxygen atoms in total. The van der Waals surface area contributed by atoms with Gasteiger partial charge in [-0.15, -0.1) is 0 Å². The minimum absolute atomic E-state index is 0.0519. The third-order valence-electron chi connectivity index (χ3n) is 12.6. The lowest BCUT2D eigenvalue weighted by atomic mass is 9.94. The highest BCUT2D eigenvalue weighted by Crippen LogP contribution is 2.38. The normalized spacial score (nSPS) is 15.5. The average molecular weight is 1350 g/mol. The predicted octanol–water partition coefficient (Wildman–Crippen LogP) is 9.28. The Morgan fingerprint density at radius 2 is 0.815 bits per heavy atom. The van der Waals surface area contributed by atoms with Crippen molar-refractivity contribution in [3.05, 3.63) is 71.8 Å². The number of aliphatic hydroxyl groups is 4. The highest BCUT2D eigenvalue weighted by Gasteiger charge is 2.56. The molecule has 0 aliphatic rings. The minimum atomic E-state index is -4.91. The van der Waals surface area contributed by atoms with Crippen LogP contribution in [0.1, 0.15) is 157 Å². The van der Waals surface area contributed by atoms with E-state index >= 15 is 0 Å². The average Bonchev–Trinajstić information content (AvgIpc) is 0.840. The first kappa shape index (κ1) is 90.5. The van der Waals surface area contributed by atoms with Crippen LogP contribution in [0.25, 0.3) is 0 Å². The van der Waals surface area contributed by atoms with E-state index in [0.29, 0.717) is 13.0 Å². The van der Waals surface area contributed by atoms with Crippen LogP contribution in [0.15, 0.2) is 60.7 Å². The molecule has 2 aromatic carbocycles. The number of ether oxygens (including phenoxy) is 9. The molecule has 0 aliphatic heterocycles. The smallest absolute Gasteiger partial charge is 0.417 e. The molecule has 2 rings (SSSR count). The van der Waals surface area contributed by atoms with E-state index in [4.69, 9.17) is 23.7 Å². The number of halogens is 9. The fourth-order valence-electron chi connectivity index (χ4n) is 7.50. The minimum Gasteiger partial charge on any atom is -0.469 e. The summed E-state index contributed by atoms with van der Waals surface area (Å²) >= 11 is 0. The molecule has 6 N–H and O–H groups in total. The maximum absolute atomic E-state index is 13.0. The lowest BCUT2D eigenvalue weighted by Gasteiger charge is -2.30. The zero-order valence-electron chi connectivity index (χ0n) is 55.6. The van der Waals surface area contributed by atoms with Gasteiger partial charge in [0.1, 0.15) is 23.5 Å². The first-order valence-corrected chi connectivity index (χ1v) is 28.9. The molecule has 0 heterocycles. The molecule has 2 aromatic rings. The fraction of sp³-hybridized carbons (Fsp3) is 0.710. The van der Waals surface area contributed by atoms with Crippen LogP contribution in [0.4, 0.5) is 39.5 Å². The van der Waals surface area contributed by atoms with Crippen LogP contribution in [0, 0.1) is 0 Å². The number of hydrogen-bond acceptors (Lipinski definition) is 19. The molecule has 7 atom stereocenters. The molecule has 0 saturated carbocycles. The number of amides is 2. The van der Waals surface area contributed by atoms with Gasteiger partial charge in [-0.25, -0.2) is 13.2 Å². The topological polar surface area (TPSA) is 290 Å². The molecule has 0 saturated heterocycles. The summed E-state index contributed by atoms with van der Waals surface area (Å²) in [5, 5.41) is 44.4. The summed E-state index contributed by atoms with van der Waals surface area (Å²) in [4.78, 5) is 68.5. The summed E-state index contributed by atoms with van der Waals surface area (Å²) in [6.45, 7) is 14.9. The van der Waals surface area contributed by atoms with Crippen molar-refractivity contribution in [3.8, 4) is 0 Å². The summed E-state index contributed by atoms with van der Waals surface area (Å²) in [5.74, 6) is -4.24. The van der Waals surface area contributed by atoms with Crippen molar-refractivity contribution >= 4 is 35.7 Å². The van der Waals surface area contributed by atoms with Gasteiger partial charge >= 0.3 is 36.2 Å². The molecule has 0 aromatic heterocycles. The number of nitrogens with one attached hydrogen (secondary N) is 2. The Kier molecular flexibility index (Phi) is 42.6. The number of carbonyl (C=O) groups excluding carboxylic acids is 6. The van der Waals surface area contributed by atoms with E-state index in [9.17, 15) is 88.7 Å². The van der Waals surface area contributed by atoms with Gasteiger partial charge in [0.25, 0.3) is 6.43 Å². The van der Waals surface area contributed by atoms with Gasteiger partial charge in [0.15, 0.2) is 16.8 Å². The monoisotopic (exact) mass is 1350 g/mol. The summed E-state index contributed by atoms with van der Waals surface area (Å²) in [5.41, 5.74) is -11.0. The van der Waals surface area contributed by atoms with Crippen LogP contribution in [0.3, 0.4) is 0 Å². The Hall–Kier alpha value is -5.73. The summed E-state index contributed by atoms with van der Waals surface area (Å²) < 4.78 is 158. The molecular weight excluding hydrogens is 1250 g/mol. The summed E-state index contributed by atoms with van der Waals surface area (Å²) in [7, 11) is 7.98. The maximum atomic E-state index is 13.0.